The molecule has 0 radical (unpaired) electrons. The summed E-state index contributed by atoms with van der Waals surface area (Å²) < 4.78 is 12.1. The van der Waals surface area contributed by atoms with Gasteiger partial charge in [-0.05, 0) is 57.2 Å². The predicted molar refractivity (Wildman–Crippen MR) is 115 cm³/mol. The Morgan fingerprint density at radius 3 is 2.32 bits per heavy atom. The minimum atomic E-state index is -1.72. The quantitative estimate of drug-likeness (QED) is 0.276. The van der Waals surface area contributed by atoms with Crippen molar-refractivity contribution in [1.82, 2.24) is 0 Å². The summed E-state index contributed by atoms with van der Waals surface area (Å²) in [7, 11) is -1.72. The second-order valence-electron chi connectivity index (χ2n) is 8.85. The monoisotopic (exact) mass is 366 g/mol. The number of allylic oxidation sites excluding steroid dienone is 3. The number of hydrogen-bond donors (Lipinski definition) is 0. The van der Waals surface area contributed by atoms with Crippen molar-refractivity contribution >= 4 is 8.32 Å². The SMILES string of the molecule is C=C[C@@H](CO[Si](C)(C)C(C)(C)C)OC/C=C/C[C@@H](C)CCC=C(C)C. The van der Waals surface area contributed by atoms with Crippen LogP contribution in [0.15, 0.2) is 36.5 Å². The van der Waals surface area contributed by atoms with Crippen molar-refractivity contribution in [1.29, 1.82) is 0 Å². The van der Waals surface area contributed by atoms with E-state index in [0.717, 1.165) is 6.42 Å². The first kappa shape index (κ1) is 24.4. The van der Waals surface area contributed by atoms with Crippen molar-refractivity contribution in [3.05, 3.63) is 36.5 Å². The van der Waals surface area contributed by atoms with Gasteiger partial charge in [-0.1, -0.05) is 57.6 Å². The third-order valence-corrected chi connectivity index (χ3v) is 9.50. The number of hydrogen-bond acceptors (Lipinski definition) is 2. The summed E-state index contributed by atoms with van der Waals surface area (Å²) in [6.07, 6.45) is 12.0. The van der Waals surface area contributed by atoms with E-state index in [0.29, 0.717) is 19.1 Å². The number of rotatable bonds is 12. The fourth-order valence-corrected chi connectivity index (χ4v) is 3.06. The van der Waals surface area contributed by atoms with Crippen LogP contribution in [-0.4, -0.2) is 27.6 Å². The molecule has 0 bridgehead atoms. The Kier molecular flexibility index (Phi) is 11.6. The summed E-state index contributed by atoms with van der Waals surface area (Å²) in [5.41, 5.74) is 1.41. The molecule has 0 saturated heterocycles. The van der Waals surface area contributed by atoms with Crippen LogP contribution in [0.1, 0.15) is 60.8 Å². The molecule has 0 aromatic heterocycles. The third kappa shape index (κ3) is 11.6. The first-order valence-corrected chi connectivity index (χ1v) is 12.6. The molecule has 0 unspecified atom stereocenters. The van der Waals surface area contributed by atoms with Crippen molar-refractivity contribution in [3.63, 3.8) is 0 Å². The largest absolute Gasteiger partial charge is 0.414 e. The van der Waals surface area contributed by atoms with Gasteiger partial charge in [0.2, 0.25) is 0 Å². The van der Waals surface area contributed by atoms with Gasteiger partial charge >= 0.3 is 0 Å². The molecule has 0 aliphatic rings. The summed E-state index contributed by atoms with van der Waals surface area (Å²) >= 11 is 0. The van der Waals surface area contributed by atoms with E-state index in [4.69, 9.17) is 9.16 Å². The molecular weight excluding hydrogens is 324 g/mol. The molecule has 3 heteroatoms. The summed E-state index contributed by atoms with van der Waals surface area (Å²) in [5, 5.41) is 0.222. The molecule has 0 saturated carbocycles. The van der Waals surface area contributed by atoms with Gasteiger partial charge in [0.1, 0.15) is 0 Å². The summed E-state index contributed by atoms with van der Waals surface area (Å²) in [6, 6.07) is 0. The summed E-state index contributed by atoms with van der Waals surface area (Å²) in [5.74, 6) is 0.712. The van der Waals surface area contributed by atoms with Crippen LogP contribution in [0.3, 0.4) is 0 Å². The first-order valence-electron chi connectivity index (χ1n) is 9.66. The van der Waals surface area contributed by atoms with Gasteiger partial charge in [-0.3, -0.25) is 0 Å². The Labute approximate surface area is 158 Å². The van der Waals surface area contributed by atoms with E-state index in [1.165, 1.54) is 18.4 Å². The fourth-order valence-electron chi connectivity index (χ4n) is 2.04. The van der Waals surface area contributed by atoms with E-state index in [2.05, 4.69) is 79.4 Å². The fraction of sp³-hybridized carbons (Fsp3) is 0.727. The standard InChI is InChI=1S/C22H42O2Si/c1-10-21(18-24-25(8,9)22(5,6)7)23-17-12-11-15-20(4)16-13-14-19(2)3/h10-12,14,20-21H,1,13,15-18H2,2-9H3/b12-11+/t20-,21+/m1/s1. The zero-order chi connectivity index (χ0) is 19.5. The van der Waals surface area contributed by atoms with Crippen LogP contribution in [0.5, 0.6) is 0 Å². The molecule has 2 atom stereocenters. The third-order valence-electron chi connectivity index (χ3n) is 5.00. The molecule has 25 heavy (non-hydrogen) atoms. The van der Waals surface area contributed by atoms with Gasteiger partial charge in [0, 0.05) is 0 Å². The lowest BCUT2D eigenvalue weighted by atomic mass is 10.0. The lowest BCUT2D eigenvalue weighted by Crippen LogP contribution is -2.42. The maximum Gasteiger partial charge on any atom is 0.192 e. The van der Waals surface area contributed by atoms with Gasteiger partial charge in [-0.15, -0.1) is 6.58 Å². The molecule has 0 amide bonds. The second kappa shape index (κ2) is 11.9. The molecule has 0 rings (SSSR count). The smallest absolute Gasteiger partial charge is 0.192 e. The van der Waals surface area contributed by atoms with Gasteiger partial charge in [0.05, 0.1) is 19.3 Å². The molecule has 0 N–H and O–H groups in total. The highest BCUT2D eigenvalue weighted by Gasteiger charge is 2.37. The van der Waals surface area contributed by atoms with Crippen molar-refractivity contribution in [3.8, 4) is 0 Å². The van der Waals surface area contributed by atoms with Gasteiger partial charge in [-0.2, -0.15) is 0 Å². The molecule has 0 heterocycles. The molecule has 0 spiro atoms. The van der Waals surface area contributed by atoms with Gasteiger partial charge < -0.3 is 9.16 Å². The van der Waals surface area contributed by atoms with Crippen LogP contribution in [0.25, 0.3) is 0 Å². The molecule has 0 aliphatic heterocycles. The molecular formula is C22H42O2Si. The van der Waals surface area contributed by atoms with E-state index >= 15 is 0 Å². The Bertz CT molecular complexity index is 426. The van der Waals surface area contributed by atoms with Crippen molar-refractivity contribution in [2.45, 2.75) is 85.0 Å². The van der Waals surface area contributed by atoms with E-state index in [1.54, 1.807) is 0 Å². The highest BCUT2D eigenvalue weighted by Crippen LogP contribution is 2.36. The zero-order valence-corrected chi connectivity index (χ0v) is 19.0. The van der Waals surface area contributed by atoms with Crippen LogP contribution in [0.4, 0.5) is 0 Å². The Morgan fingerprint density at radius 1 is 1.16 bits per heavy atom. The highest BCUT2D eigenvalue weighted by atomic mass is 28.4. The average molecular weight is 367 g/mol. The minimum Gasteiger partial charge on any atom is -0.414 e. The van der Waals surface area contributed by atoms with Crippen molar-refractivity contribution < 1.29 is 9.16 Å². The maximum absolute atomic E-state index is 6.22. The molecule has 0 fully saturated rings. The zero-order valence-electron chi connectivity index (χ0n) is 18.0. The van der Waals surface area contributed by atoms with Gasteiger partial charge in [-0.25, -0.2) is 0 Å². The first-order chi connectivity index (χ1) is 11.5. The molecule has 0 aliphatic carbocycles. The lowest BCUT2D eigenvalue weighted by Gasteiger charge is -2.36. The Balaban J connectivity index is 4.08. The minimum absolute atomic E-state index is 0.0335. The second-order valence-corrected chi connectivity index (χ2v) is 13.7. The molecule has 146 valence electrons. The lowest BCUT2D eigenvalue weighted by molar-refractivity contribution is 0.0637. The van der Waals surface area contributed by atoms with Crippen LogP contribution in [-0.2, 0) is 9.16 Å². The summed E-state index contributed by atoms with van der Waals surface area (Å²) in [4.78, 5) is 0. The Morgan fingerprint density at radius 2 is 1.80 bits per heavy atom. The van der Waals surface area contributed by atoms with Crippen molar-refractivity contribution in [2.75, 3.05) is 13.2 Å². The summed E-state index contributed by atoms with van der Waals surface area (Å²) in [6.45, 7) is 23.0. The van der Waals surface area contributed by atoms with Gasteiger partial charge in [0.25, 0.3) is 0 Å². The predicted octanol–water partition coefficient (Wildman–Crippen LogP) is 6.91. The van der Waals surface area contributed by atoms with Crippen LogP contribution >= 0.6 is 0 Å². The number of ether oxygens (including phenoxy) is 1. The molecule has 0 aromatic rings. The van der Waals surface area contributed by atoms with Crippen LogP contribution < -0.4 is 0 Å². The molecule has 2 nitrogen and oxygen atoms in total. The maximum atomic E-state index is 6.22. The normalized spacial score (nSPS) is 15.2. The highest BCUT2D eigenvalue weighted by molar-refractivity contribution is 6.74. The Hall–Kier alpha value is -0.643. The van der Waals surface area contributed by atoms with Crippen molar-refractivity contribution in [2.24, 2.45) is 5.92 Å². The van der Waals surface area contributed by atoms with Crippen LogP contribution in [0.2, 0.25) is 18.1 Å². The van der Waals surface area contributed by atoms with E-state index in [9.17, 15) is 0 Å². The van der Waals surface area contributed by atoms with E-state index in [-0.39, 0.29) is 11.1 Å². The van der Waals surface area contributed by atoms with Crippen LogP contribution in [0, 0.1) is 5.92 Å². The van der Waals surface area contributed by atoms with Gasteiger partial charge in [0.15, 0.2) is 8.32 Å². The topological polar surface area (TPSA) is 18.5 Å². The van der Waals surface area contributed by atoms with E-state index < -0.39 is 8.32 Å². The molecule has 0 aromatic carbocycles. The average Bonchev–Trinajstić information content (AvgIpc) is 2.48. The van der Waals surface area contributed by atoms with E-state index in [1.807, 2.05) is 6.08 Å².